The maximum atomic E-state index is 12.5. The third kappa shape index (κ3) is 2.80. The van der Waals surface area contributed by atoms with Gasteiger partial charge in [0.25, 0.3) is 0 Å². The van der Waals surface area contributed by atoms with Crippen molar-refractivity contribution in [2.45, 2.75) is 18.4 Å². The SMILES string of the molecule is Cc1cccc(N)c1S(=O)(=O)N(C)Cc1ccsc1. The fourth-order valence-electron chi connectivity index (χ4n) is 1.91. The Labute approximate surface area is 117 Å². The van der Waals surface area contributed by atoms with Gasteiger partial charge in [0.15, 0.2) is 0 Å². The Hall–Kier alpha value is -1.37. The highest BCUT2D eigenvalue weighted by Gasteiger charge is 2.25. The lowest BCUT2D eigenvalue weighted by Crippen LogP contribution is -2.27. The molecule has 0 bridgehead atoms. The molecule has 1 aromatic heterocycles. The molecule has 2 N–H and O–H groups in total. The summed E-state index contributed by atoms with van der Waals surface area (Å²) in [6.07, 6.45) is 0. The number of thiophene rings is 1. The van der Waals surface area contributed by atoms with Gasteiger partial charge in [0.1, 0.15) is 4.90 Å². The minimum Gasteiger partial charge on any atom is -0.398 e. The lowest BCUT2D eigenvalue weighted by Gasteiger charge is -2.19. The van der Waals surface area contributed by atoms with E-state index in [9.17, 15) is 8.42 Å². The smallest absolute Gasteiger partial charge is 0.245 e. The number of anilines is 1. The molecule has 0 aliphatic rings. The van der Waals surface area contributed by atoms with Gasteiger partial charge in [-0.2, -0.15) is 15.6 Å². The first-order valence-corrected chi connectivity index (χ1v) is 8.13. The van der Waals surface area contributed by atoms with Crippen LogP contribution in [-0.4, -0.2) is 19.8 Å². The number of benzene rings is 1. The first-order chi connectivity index (χ1) is 8.93. The highest BCUT2D eigenvalue weighted by Crippen LogP contribution is 2.26. The minimum absolute atomic E-state index is 0.202. The maximum Gasteiger partial charge on any atom is 0.245 e. The average molecular weight is 296 g/mol. The summed E-state index contributed by atoms with van der Waals surface area (Å²) in [5.41, 5.74) is 7.74. The average Bonchev–Trinajstić information content (AvgIpc) is 2.81. The predicted molar refractivity (Wildman–Crippen MR) is 78.6 cm³/mol. The Balaban J connectivity index is 2.37. The zero-order valence-corrected chi connectivity index (χ0v) is 12.5. The molecule has 0 radical (unpaired) electrons. The fraction of sp³-hybridized carbons (Fsp3) is 0.231. The van der Waals surface area contributed by atoms with E-state index in [1.807, 2.05) is 16.8 Å². The Kier molecular flexibility index (Phi) is 3.93. The van der Waals surface area contributed by atoms with Gasteiger partial charge >= 0.3 is 0 Å². The normalized spacial score (nSPS) is 11.9. The van der Waals surface area contributed by atoms with Gasteiger partial charge in [-0.25, -0.2) is 8.42 Å². The summed E-state index contributed by atoms with van der Waals surface area (Å²) in [6, 6.07) is 7.03. The molecule has 1 heterocycles. The lowest BCUT2D eigenvalue weighted by molar-refractivity contribution is 0.467. The second-order valence-electron chi connectivity index (χ2n) is 4.39. The van der Waals surface area contributed by atoms with Crippen LogP contribution in [0.2, 0.25) is 0 Å². The summed E-state index contributed by atoms with van der Waals surface area (Å²) in [6.45, 7) is 2.10. The molecule has 0 aliphatic heterocycles. The Morgan fingerprint density at radius 2 is 2.05 bits per heavy atom. The quantitative estimate of drug-likeness (QED) is 0.882. The molecule has 19 heavy (non-hydrogen) atoms. The molecule has 2 rings (SSSR count). The molecule has 0 amide bonds. The van der Waals surface area contributed by atoms with Gasteiger partial charge in [-0.1, -0.05) is 12.1 Å². The van der Waals surface area contributed by atoms with Crippen molar-refractivity contribution in [1.82, 2.24) is 4.31 Å². The van der Waals surface area contributed by atoms with Crippen molar-refractivity contribution in [3.05, 3.63) is 46.2 Å². The van der Waals surface area contributed by atoms with Crippen LogP contribution in [0.1, 0.15) is 11.1 Å². The highest BCUT2D eigenvalue weighted by atomic mass is 32.2. The number of nitrogens with two attached hydrogens (primary N) is 1. The van der Waals surface area contributed by atoms with Crippen LogP contribution in [0.3, 0.4) is 0 Å². The molecular formula is C13H16N2O2S2. The number of sulfonamides is 1. The summed E-state index contributed by atoms with van der Waals surface area (Å²) in [5.74, 6) is 0. The Morgan fingerprint density at radius 1 is 1.32 bits per heavy atom. The molecule has 0 unspecified atom stereocenters. The number of hydrogen-bond acceptors (Lipinski definition) is 4. The molecule has 0 fully saturated rings. The van der Waals surface area contributed by atoms with E-state index in [1.54, 1.807) is 43.5 Å². The molecule has 0 atom stereocenters. The van der Waals surface area contributed by atoms with Gasteiger partial charge < -0.3 is 5.73 Å². The van der Waals surface area contributed by atoms with Crippen LogP contribution in [-0.2, 0) is 16.6 Å². The van der Waals surface area contributed by atoms with Crippen molar-refractivity contribution in [1.29, 1.82) is 0 Å². The fourth-order valence-corrected chi connectivity index (χ4v) is 4.04. The zero-order valence-electron chi connectivity index (χ0n) is 10.8. The molecule has 102 valence electrons. The van der Waals surface area contributed by atoms with E-state index in [1.165, 1.54) is 4.31 Å². The maximum absolute atomic E-state index is 12.5. The summed E-state index contributed by atoms with van der Waals surface area (Å²) in [7, 11) is -2.00. The molecule has 0 saturated carbocycles. The highest BCUT2D eigenvalue weighted by molar-refractivity contribution is 7.89. The number of rotatable bonds is 4. The Bertz CT molecular complexity index is 644. The molecule has 2 aromatic rings. The largest absolute Gasteiger partial charge is 0.398 e. The molecule has 0 saturated heterocycles. The standard InChI is InChI=1S/C13H16N2O2S2/c1-10-4-3-5-12(14)13(10)19(16,17)15(2)8-11-6-7-18-9-11/h3-7,9H,8,14H2,1-2H3. The second-order valence-corrected chi connectivity index (χ2v) is 7.15. The third-order valence-corrected chi connectivity index (χ3v) is 5.65. The van der Waals surface area contributed by atoms with Crippen LogP contribution in [0.5, 0.6) is 0 Å². The Morgan fingerprint density at radius 3 is 2.63 bits per heavy atom. The van der Waals surface area contributed by atoms with Gasteiger partial charge in [0, 0.05) is 13.6 Å². The molecule has 1 aromatic carbocycles. The van der Waals surface area contributed by atoms with Crippen molar-refractivity contribution < 1.29 is 8.42 Å². The molecule has 6 heteroatoms. The van der Waals surface area contributed by atoms with E-state index in [4.69, 9.17) is 5.73 Å². The summed E-state index contributed by atoms with van der Waals surface area (Å²) in [4.78, 5) is 0.202. The molecule has 0 spiro atoms. The van der Waals surface area contributed by atoms with Crippen molar-refractivity contribution in [2.75, 3.05) is 12.8 Å². The zero-order chi connectivity index (χ0) is 14.0. The van der Waals surface area contributed by atoms with Crippen LogP contribution in [0.25, 0.3) is 0 Å². The molecule has 0 aliphatic carbocycles. The lowest BCUT2D eigenvalue weighted by atomic mass is 10.2. The first-order valence-electron chi connectivity index (χ1n) is 5.75. The van der Waals surface area contributed by atoms with Crippen molar-refractivity contribution in [3.8, 4) is 0 Å². The monoisotopic (exact) mass is 296 g/mol. The van der Waals surface area contributed by atoms with E-state index < -0.39 is 10.0 Å². The van der Waals surface area contributed by atoms with Gasteiger partial charge in [0.2, 0.25) is 10.0 Å². The summed E-state index contributed by atoms with van der Waals surface area (Å²) < 4.78 is 26.4. The van der Waals surface area contributed by atoms with Gasteiger partial charge in [-0.3, -0.25) is 0 Å². The number of aryl methyl sites for hydroxylation is 1. The topological polar surface area (TPSA) is 63.4 Å². The molecule has 4 nitrogen and oxygen atoms in total. The van der Waals surface area contributed by atoms with E-state index in [0.29, 0.717) is 12.1 Å². The van der Waals surface area contributed by atoms with Crippen molar-refractivity contribution in [2.24, 2.45) is 0 Å². The molecular weight excluding hydrogens is 280 g/mol. The summed E-state index contributed by atoms with van der Waals surface area (Å²) in [5, 5.41) is 3.87. The first kappa shape index (κ1) is 14.0. The van der Waals surface area contributed by atoms with Crippen LogP contribution < -0.4 is 5.73 Å². The third-order valence-electron chi connectivity index (χ3n) is 2.90. The van der Waals surface area contributed by atoms with E-state index in [2.05, 4.69) is 0 Å². The van der Waals surface area contributed by atoms with E-state index in [-0.39, 0.29) is 10.6 Å². The van der Waals surface area contributed by atoms with Gasteiger partial charge in [0.05, 0.1) is 5.69 Å². The van der Waals surface area contributed by atoms with Crippen molar-refractivity contribution >= 4 is 27.0 Å². The van der Waals surface area contributed by atoms with E-state index >= 15 is 0 Å². The number of hydrogen-bond donors (Lipinski definition) is 1. The van der Waals surface area contributed by atoms with Crippen LogP contribution >= 0.6 is 11.3 Å². The second kappa shape index (κ2) is 5.32. The van der Waals surface area contributed by atoms with Crippen LogP contribution in [0.15, 0.2) is 39.9 Å². The number of nitrogen functional groups attached to an aromatic ring is 1. The predicted octanol–water partition coefficient (Wildman–Crippen LogP) is 2.46. The van der Waals surface area contributed by atoms with Crippen molar-refractivity contribution in [3.63, 3.8) is 0 Å². The number of nitrogens with zero attached hydrogens (tertiary/aromatic N) is 1. The van der Waals surface area contributed by atoms with Crippen LogP contribution in [0.4, 0.5) is 5.69 Å². The van der Waals surface area contributed by atoms with Crippen LogP contribution in [0, 0.1) is 6.92 Å². The van der Waals surface area contributed by atoms with Gasteiger partial charge in [-0.05, 0) is 40.9 Å². The minimum atomic E-state index is -3.56. The van der Waals surface area contributed by atoms with E-state index in [0.717, 1.165) is 5.56 Å². The summed E-state index contributed by atoms with van der Waals surface area (Å²) >= 11 is 1.55. The van der Waals surface area contributed by atoms with Gasteiger partial charge in [-0.15, -0.1) is 0 Å².